The van der Waals surface area contributed by atoms with Crippen LogP contribution in [0.1, 0.15) is 32.1 Å². The van der Waals surface area contributed by atoms with Gasteiger partial charge in [-0.2, -0.15) is 0 Å². The molecule has 1 aliphatic carbocycles. The minimum absolute atomic E-state index is 0. The van der Waals surface area contributed by atoms with Crippen molar-refractivity contribution in [2.24, 2.45) is 0 Å². The van der Waals surface area contributed by atoms with Crippen molar-refractivity contribution in [1.29, 1.82) is 0 Å². The number of rotatable bonds is 2. The highest BCUT2D eigenvalue weighted by Gasteiger charge is 2.19. The van der Waals surface area contributed by atoms with Crippen LogP contribution in [0.3, 0.4) is 0 Å². The molecule has 1 aromatic carbocycles. The highest BCUT2D eigenvalue weighted by Crippen LogP contribution is 2.39. The predicted molar refractivity (Wildman–Crippen MR) is 75.3 cm³/mol. The van der Waals surface area contributed by atoms with Gasteiger partial charge >= 0.3 is 0 Å². The van der Waals surface area contributed by atoms with Crippen molar-refractivity contribution >= 4 is 29.7 Å². The lowest BCUT2D eigenvalue weighted by atomic mass is 9.95. The van der Waals surface area contributed by atoms with Gasteiger partial charge in [0, 0.05) is 18.2 Å². The Morgan fingerprint density at radius 2 is 1.72 bits per heavy atom. The highest BCUT2D eigenvalue weighted by atomic mass is 35.5. The molecule has 5 heteroatoms. The second-order valence-electron chi connectivity index (χ2n) is 4.66. The fourth-order valence-corrected chi connectivity index (χ4v) is 2.70. The standard InChI is InChI=1S/C13H16ClNO2.ClH/c14-10-6-12-13(17-8-16-12)7-11(10)15-9-4-2-1-3-5-9;/h6-7,9,15H,1-5,8H2;1H. The molecule has 0 spiro atoms. The fourth-order valence-electron chi connectivity index (χ4n) is 2.49. The second-order valence-corrected chi connectivity index (χ2v) is 5.07. The third kappa shape index (κ3) is 2.78. The lowest BCUT2D eigenvalue weighted by Gasteiger charge is -2.24. The molecule has 0 atom stereocenters. The smallest absolute Gasteiger partial charge is 0.231 e. The van der Waals surface area contributed by atoms with E-state index in [0.717, 1.165) is 17.2 Å². The van der Waals surface area contributed by atoms with Crippen molar-refractivity contribution in [2.45, 2.75) is 38.1 Å². The predicted octanol–water partition coefficient (Wildman–Crippen LogP) is 4.24. The van der Waals surface area contributed by atoms with Crippen molar-refractivity contribution in [1.82, 2.24) is 0 Å². The van der Waals surface area contributed by atoms with Crippen LogP contribution in [0.25, 0.3) is 0 Å². The van der Waals surface area contributed by atoms with Gasteiger partial charge in [-0.25, -0.2) is 0 Å². The summed E-state index contributed by atoms with van der Waals surface area (Å²) in [6, 6.07) is 4.32. The lowest BCUT2D eigenvalue weighted by molar-refractivity contribution is 0.174. The van der Waals surface area contributed by atoms with Gasteiger partial charge in [0.1, 0.15) is 0 Å². The number of hydrogen-bond acceptors (Lipinski definition) is 3. The van der Waals surface area contributed by atoms with Crippen LogP contribution >= 0.6 is 24.0 Å². The van der Waals surface area contributed by atoms with E-state index in [1.165, 1.54) is 32.1 Å². The molecular formula is C13H17Cl2NO2. The van der Waals surface area contributed by atoms with E-state index in [1.807, 2.05) is 12.1 Å². The molecule has 1 aliphatic heterocycles. The van der Waals surface area contributed by atoms with Crippen LogP contribution in [0.4, 0.5) is 5.69 Å². The summed E-state index contributed by atoms with van der Waals surface area (Å²) in [5.41, 5.74) is 0.961. The van der Waals surface area contributed by atoms with Crippen molar-refractivity contribution in [3.8, 4) is 11.5 Å². The SMILES string of the molecule is Cl.Clc1cc2c(cc1NC1CCCCC1)OCO2. The van der Waals surface area contributed by atoms with Gasteiger partial charge in [-0.3, -0.25) is 0 Å². The summed E-state index contributed by atoms with van der Waals surface area (Å²) in [6.45, 7) is 0.290. The molecule has 1 fully saturated rings. The third-order valence-electron chi connectivity index (χ3n) is 3.43. The van der Waals surface area contributed by atoms with Gasteiger partial charge in [-0.1, -0.05) is 30.9 Å². The number of halogens is 2. The van der Waals surface area contributed by atoms with Crippen LogP contribution in [0.2, 0.25) is 5.02 Å². The summed E-state index contributed by atoms with van der Waals surface area (Å²) in [6.07, 6.45) is 6.42. The largest absolute Gasteiger partial charge is 0.454 e. The van der Waals surface area contributed by atoms with E-state index in [1.54, 1.807) is 0 Å². The van der Waals surface area contributed by atoms with Crippen LogP contribution in [-0.2, 0) is 0 Å². The maximum Gasteiger partial charge on any atom is 0.231 e. The molecule has 3 rings (SSSR count). The highest BCUT2D eigenvalue weighted by molar-refractivity contribution is 6.33. The number of benzene rings is 1. The Hall–Kier alpha value is -0.800. The number of fused-ring (bicyclic) bond motifs is 1. The van der Waals surface area contributed by atoms with E-state index in [4.69, 9.17) is 21.1 Å². The molecule has 100 valence electrons. The normalized spacial score (nSPS) is 18.3. The topological polar surface area (TPSA) is 30.5 Å². The van der Waals surface area contributed by atoms with E-state index in [9.17, 15) is 0 Å². The van der Waals surface area contributed by atoms with Gasteiger partial charge in [0.2, 0.25) is 6.79 Å². The number of nitrogens with one attached hydrogen (secondary N) is 1. The fraction of sp³-hybridized carbons (Fsp3) is 0.538. The summed E-state index contributed by atoms with van der Waals surface area (Å²) in [5, 5.41) is 4.22. The summed E-state index contributed by atoms with van der Waals surface area (Å²) in [7, 11) is 0. The average molecular weight is 290 g/mol. The zero-order chi connectivity index (χ0) is 11.7. The van der Waals surface area contributed by atoms with Crippen LogP contribution in [-0.4, -0.2) is 12.8 Å². The molecule has 0 saturated heterocycles. The van der Waals surface area contributed by atoms with E-state index >= 15 is 0 Å². The van der Waals surface area contributed by atoms with Gasteiger partial charge in [0.25, 0.3) is 0 Å². The summed E-state index contributed by atoms with van der Waals surface area (Å²) < 4.78 is 10.7. The summed E-state index contributed by atoms with van der Waals surface area (Å²) >= 11 is 6.23. The van der Waals surface area contributed by atoms with Crippen LogP contribution in [0.5, 0.6) is 11.5 Å². The van der Waals surface area contributed by atoms with Crippen molar-refractivity contribution < 1.29 is 9.47 Å². The molecule has 0 bridgehead atoms. The minimum Gasteiger partial charge on any atom is -0.454 e. The lowest BCUT2D eigenvalue weighted by Crippen LogP contribution is -2.22. The van der Waals surface area contributed by atoms with E-state index in [-0.39, 0.29) is 12.4 Å². The Morgan fingerprint density at radius 3 is 2.44 bits per heavy atom. The molecule has 3 nitrogen and oxygen atoms in total. The summed E-state index contributed by atoms with van der Waals surface area (Å²) in [4.78, 5) is 0. The molecule has 18 heavy (non-hydrogen) atoms. The molecule has 1 saturated carbocycles. The van der Waals surface area contributed by atoms with Crippen LogP contribution < -0.4 is 14.8 Å². The quantitative estimate of drug-likeness (QED) is 0.884. The Balaban J connectivity index is 0.00000120. The minimum atomic E-state index is 0. The second kappa shape index (κ2) is 5.89. The summed E-state index contributed by atoms with van der Waals surface area (Å²) in [5.74, 6) is 1.52. The molecule has 1 aromatic rings. The first-order valence-corrected chi connectivity index (χ1v) is 6.56. The van der Waals surface area contributed by atoms with Gasteiger partial charge in [-0.15, -0.1) is 12.4 Å². The molecular weight excluding hydrogens is 273 g/mol. The Morgan fingerprint density at radius 1 is 1.06 bits per heavy atom. The Labute approximate surface area is 118 Å². The number of ether oxygens (including phenoxy) is 2. The van der Waals surface area contributed by atoms with E-state index in [0.29, 0.717) is 17.9 Å². The zero-order valence-corrected chi connectivity index (χ0v) is 11.6. The van der Waals surface area contributed by atoms with Crippen LogP contribution in [0.15, 0.2) is 12.1 Å². The van der Waals surface area contributed by atoms with Gasteiger partial charge in [0.15, 0.2) is 11.5 Å². The molecule has 0 unspecified atom stereocenters. The Bertz CT molecular complexity index is 420. The monoisotopic (exact) mass is 289 g/mol. The number of anilines is 1. The third-order valence-corrected chi connectivity index (χ3v) is 3.74. The van der Waals surface area contributed by atoms with Gasteiger partial charge in [0.05, 0.1) is 10.7 Å². The maximum absolute atomic E-state index is 6.23. The molecule has 0 aromatic heterocycles. The van der Waals surface area contributed by atoms with Crippen molar-refractivity contribution in [3.63, 3.8) is 0 Å². The average Bonchev–Trinajstić information content (AvgIpc) is 2.78. The first kappa shape index (κ1) is 13.6. The number of hydrogen-bond donors (Lipinski definition) is 1. The van der Waals surface area contributed by atoms with E-state index < -0.39 is 0 Å². The van der Waals surface area contributed by atoms with Gasteiger partial charge < -0.3 is 14.8 Å². The maximum atomic E-state index is 6.23. The molecule has 1 heterocycles. The molecule has 1 N–H and O–H groups in total. The van der Waals surface area contributed by atoms with Crippen molar-refractivity contribution in [2.75, 3.05) is 12.1 Å². The van der Waals surface area contributed by atoms with Gasteiger partial charge in [-0.05, 0) is 12.8 Å². The first-order valence-electron chi connectivity index (χ1n) is 6.18. The molecule has 2 aliphatic rings. The van der Waals surface area contributed by atoms with Crippen molar-refractivity contribution in [3.05, 3.63) is 17.2 Å². The first-order chi connectivity index (χ1) is 8.33. The zero-order valence-electron chi connectivity index (χ0n) is 10.1. The van der Waals surface area contributed by atoms with E-state index in [2.05, 4.69) is 5.32 Å². The van der Waals surface area contributed by atoms with Crippen LogP contribution in [0, 0.1) is 0 Å². The molecule has 0 amide bonds. The molecule has 0 radical (unpaired) electrons. The Kier molecular flexibility index (Phi) is 4.46.